The second-order valence-corrected chi connectivity index (χ2v) is 9.47. The van der Waals surface area contributed by atoms with Gasteiger partial charge in [0, 0.05) is 29.3 Å². The average Bonchev–Trinajstić information content (AvgIpc) is 3.59. The molecule has 0 radical (unpaired) electrons. The number of alkyl halides is 2. The number of hydrogen-bond acceptors (Lipinski definition) is 4. The first-order chi connectivity index (χ1) is 18.6. The van der Waals surface area contributed by atoms with Crippen LogP contribution < -0.4 is 15.0 Å². The van der Waals surface area contributed by atoms with Crippen LogP contribution in [-0.4, -0.2) is 45.5 Å². The smallest absolute Gasteiger partial charge is 0.412 e. The first-order valence-corrected chi connectivity index (χ1v) is 12.3. The SMILES string of the molecule is Cc1ccc(F)cc1Oc1cc(N(CC(F)F)C(=O)O)c2ncc(-c3ccc(C(=O)NC4CC4)c(C)c3)n2c1. The Kier molecular flexibility index (Phi) is 6.90. The van der Waals surface area contributed by atoms with Gasteiger partial charge in [0.15, 0.2) is 5.65 Å². The molecule has 2 aromatic carbocycles. The highest BCUT2D eigenvalue weighted by Gasteiger charge is 2.26. The molecule has 0 bridgehead atoms. The maximum absolute atomic E-state index is 13.9. The van der Waals surface area contributed by atoms with E-state index in [1.807, 2.05) is 0 Å². The summed E-state index contributed by atoms with van der Waals surface area (Å²) in [5, 5.41) is 12.7. The Labute approximate surface area is 221 Å². The van der Waals surface area contributed by atoms with E-state index < -0.39 is 24.9 Å². The van der Waals surface area contributed by atoms with Gasteiger partial charge < -0.3 is 15.2 Å². The van der Waals surface area contributed by atoms with Crippen LogP contribution in [0, 0.1) is 19.7 Å². The monoisotopic (exact) mass is 538 g/mol. The molecule has 2 N–H and O–H groups in total. The molecule has 0 spiro atoms. The summed E-state index contributed by atoms with van der Waals surface area (Å²) in [6, 6.07) is 10.7. The summed E-state index contributed by atoms with van der Waals surface area (Å²) in [5.41, 5.74) is 2.99. The molecule has 1 aliphatic rings. The maximum atomic E-state index is 13.9. The van der Waals surface area contributed by atoms with E-state index in [9.17, 15) is 27.9 Å². The van der Waals surface area contributed by atoms with Gasteiger partial charge >= 0.3 is 6.09 Å². The lowest BCUT2D eigenvalue weighted by molar-refractivity contribution is 0.0950. The molecule has 0 atom stereocenters. The second kappa shape index (κ2) is 10.3. The largest absolute Gasteiger partial charge is 0.465 e. The number of ether oxygens (including phenoxy) is 1. The number of amides is 2. The van der Waals surface area contributed by atoms with Crippen LogP contribution in [-0.2, 0) is 0 Å². The van der Waals surface area contributed by atoms with Crippen molar-refractivity contribution in [3.05, 3.63) is 77.4 Å². The Morgan fingerprint density at radius 1 is 1.15 bits per heavy atom. The predicted octanol–water partition coefficient (Wildman–Crippen LogP) is 6.19. The van der Waals surface area contributed by atoms with Gasteiger partial charge in [0.25, 0.3) is 12.3 Å². The molecule has 0 aliphatic heterocycles. The molecule has 1 fully saturated rings. The summed E-state index contributed by atoms with van der Waals surface area (Å²) < 4.78 is 48.0. The Hall–Kier alpha value is -4.54. The number of aromatic nitrogens is 2. The van der Waals surface area contributed by atoms with Crippen LogP contribution in [0.5, 0.6) is 11.5 Å². The summed E-state index contributed by atoms with van der Waals surface area (Å²) in [5.74, 6) is -0.429. The number of pyridine rings is 1. The van der Waals surface area contributed by atoms with Crippen molar-refractivity contribution in [2.45, 2.75) is 39.2 Å². The van der Waals surface area contributed by atoms with E-state index >= 15 is 0 Å². The lowest BCUT2D eigenvalue weighted by Gasteiger charge is -2.21. The number of aryl methyl sites for hydroxylation is 2. The van der Waals surface area contributed by atoms with Crippen molar-refractivity contribution in [3.63, 3.8) is 0 Å². The van der Waals surface area contributed by atoms with Crippen molar-refractivity contribution >= 4 is 23.3 Å². The van der Waals surface area contributed by atoms with Gasteiger partial charge in [-0.25, -0.2) is 22.9 Å². The highest BCUT2D eigenvalue weighted by Crippen LogP contribution is 2.35. The van der Waals surface area contributed by atoms with Gasteiger partial charge in [-0.3, -0.25) is 14.1 Å². The van der Waals surface area contributed by atoms with Gasteiger partial charge in [0.05, 0.1) is 30.3 Å². The minimum absolute atomic E-state index is 0.0862. The number of hydrogen-bond donors (Lipinski definition) is 2. The number of benzene rings is 2. The number of carbonyl (C=O) groups excluding carboxylic acids is 1. The molecule has 1 aliphatic carbocycles. The summed E-state index contributed by atoms with van der Waals surface area (Å²) in [6.07, 6.45) is 0.399. The fourth-order valence-corrected chi connectivity index (χ4v) is 4.31. The standard InChI is InChI=1S/C28H25F3N4O4/c1-15-3-5-18(29)10-24(15)39-20-11-22(35(28(37)38)14-25(30)31)26-32-12-23(34(26)13-20)17-4-8-21(16(2)9-17)27(36)33-19-6-7-19/h3-5,8-13,19,25H,6-7,14H2,1-2H3,(H,33,36)(H,37,38). The zero-order chi connectivity index (χ0) is 27.8. The fourth-order valence-electron chi connectivity index (χ4n) is 4.31. The minimum Gasteiger partial charge on any atom is -0.465 e. The molecule has 2 aromatic heterocycles. The maximum Gasteiger partial charge on any atom is 0.412 e. The van der Waals surface area contributed by atoms with Crippen LogP contribution in [0.25, 0.3) is 16.9 Å². The van der Waals surface area contributed by atoms with Crippen molar-refractivity contribution in [3.8, 4) is 22.8 Å². The molecule has 0 unspecified atom stereocenters. The average molecular weight is 539 g/mol. The van der Waals surface area contributed by atoms with E-state index in [1.165, 1.54) is 41.1 Å². The Morgan fingerprint density at radius 3 is 2.59 bits per heavy atom. The molecule has 11 heteroatoms. The van der Waals surface area contributed by atoms with E-state index in [4.69, 9.17) is 4.74 Å². The number of rotatable bonds is 8. The van der Waals surface area contributed by atoms with Crippen molar-refractivity contribution in [1.29, 1.82) is 0 Å². The molecule has 4 aromatic rings. The van der Waals surface area contributed by atoms with E-state index in [0.29, 0.717) is 32.8 Å². The third kappa shape index (κ3) is 5.52. The van der Waals surface area contributed by atoms with Crippen LogP contribution in [0.15, 0.2) is 54.9 Å². The first-order valence-electron chi connectivity index (χ1n) is 12.3. The number of fused-ring (bicyclic) bond motifs is 1. The van der Waals surface area contributed by atoms with Crippen LogP contribution in [0.2, 0.25) is 0 Å². The number of carboxylic acid groups (broad SMARTS) is 1. The van der Waals surface area contributed by atoms with Crippen LogP contribution in [0.4, 0.5) is 23.7 Å². The summed E-state index contributed by atoms with van der Waals surface area (Å²) in [4.78, 5) is 29.4. The van der Waals surface area contributed by atoms with Gasteiger partial charge in [-0.15, -0.1) is 0 Å². The zero-order valence-corrected chi connectivity index (χ0v) is 21.1. The predicted molar refractivity (Wildman–Crippen MR) is 138 cm³/mol. The van der Waals surface area contributed by atoms with E-state index in [-0.39, 0.29) is 34.8 Å². The lowest BCUT2D eigenvalue weighted by atomic mass is 10.0. The highest BCUT2D eigenvalue weighted by atomic mass is 19.3. The van der Waals surface area contributed by atoms with Crippen LogP contribution in [0.3, 0.4) is 0 Å². The Morgan fingerprint density at radius 2 is 1.92 bits per heavy atom. The van der Waals surface area contributed by atoms with Gasteiger partial charge in [-0.2, -0.15) is 0 Å². The van der Waals surface area contributed by atoms with E-state index in [1.54, 1.807) is 32.0 Å². The summed E-state index contributed by atoms with van der Waals surface area (Å²) in [7, 11) is 0. The number of anilines is 1. The molecule has 2 heterocycles. The van der Waals surface area contributed by atoms with Gasteiger partial charge in [-0.05, 0) is 56.0 Å². The topological polar surface area (TPSA) is 96.2 Å². The number of halogens is 3. The summed E-state index contributed by atoms with van der Waals surface area (Å²) >= 11 is 0. The number of carbonyl (C=O) groups is 2. The molecule has 5 rings (SSSR count). The minimum atomic E-state index is -2.94. The van der Waals surface area contributed by atoms with Gasteiger partial charge in [0.1, 0.15) is 17.3 Å². The molecule has 39 heavy (non-hydrogen) atoms. The molecule has 2 amide bonds. The molecular weight excluding hydrogens is 513 g/mol. The van der Waals surface area contributed by atoms with Crippen molar-refractivity contribution in [1.82, 2.24) is 14.7 Å². The Balaban J connectivity index is 1.62. The lowest BCUT2D eigenvalue weighted by Crippen LogP contribution is -2.34. The second-order valence-electron chi connectivity index (χ2n) is 9.47. The van der Waals surface area contributed by atoms with Gasteiger partial charge in [0.2, 0.25) is 0 Å². The van der Waals surface area contributed by atoms with Crippen molar-refractivity contribution in [2.24, 2.45) is 0 Å². The zero-order valence-electron chi connectivity index (χ0n) is 21.1. The van der Waals surface area contributed by atoms with Crippen LogP contribution in [0.1, 0.15) is 34.3 Å². The highest BCUT2D eigenvalue weighted by molar-refractivity contribution is 5.97. The quantitative estimate of drug-likeness (QED) is 0.279. The summed E-state index contributed by atoms with van der Waals surface area (Å²) in [6.45, 7) is 2.43. The molecule has 1 saturated carbocycles. The molecular formula is C28H25F3N4O4. The Bertz CT molecular complexity index is 1580. The van der Waals surface area contributed by atoms with E-state index in [0.717, 1.165) is 12.8 Å². The van der Waals surface area contributed by atoms with E-state index in [2.05, 4.69) is 10.3 Å². The fraction of sp³-hybridized carbons (Fsp3) is 0.250. The number of imidazole rings is 1. The van der Waals surface area contributed by atoms with Crippen molar-refractivity contribution < 1.29 is 32.6 Å². The first kappa shape index (κ1) is 26.1. The van der Waals surface area contributed by atoms with Crippen molar-refractivity contribution in [2.75, 3.05) is 11.4 Å². The molecule has 0 saturated heterocycles. The third-order valence-electron chi connectivity index (χ3n) is 6.46. The van der Waals surface area contributed by atoms with Gasteiger partial charge in [-0.1, -0.05) is 12.1 Å². The molecule has 8 nitrogen and oxygen atoms in total. The van der Waals surface area contributed by atoms with Crippen LogP contribution >= 0.6 is 0 Å². The normalized spacial score (nSPS) is 13.1. The third-order valence-corrected chi connectivity index (χ3v) is 6.46. The number of nitrogens with one attached hydrogen (secondary N) is 1. The number of nitrogens with zero attached hydrogens (tertiary/aromatic N) is 3. The molecule has 202 valence electrons.